The van der Waals surface area contributed by atoms with Crippen molar-refractivity contribution in [3.05, 3.63) is 12.2 Å². The molecule has 0 aromatic rings. The van der Waals surface area contributed by atoms with Crippen molar-refractivity contribution in [2.45, 2.75) is 52.0 Å². The van der Waals surface area contributed by atoms with Crippen LogP contribution in [0.2, 0.25) is 0 Å². The maximum absolute atomic E-state index is 12.0. The number of carbonyl (C=O) groups excluding carboxylic acids is 2. The van der Waals surface area contributed by atoms with Crippen LogP contribution in [0.5, 0.6) is 0 Å². The molecule has 2 heterocycles. The third kappa shape index (κ3) is 7.57. The first-order chi connectivity index (χ1) is 11.9. The van der Waals surface area contributed by atoms with E-state index in [4.69, 9.17) is 5.73 Å². The second-order valence-corrected chi connectivity index (χ2v) is 7.12. The molecule has 2 aliphatic heterocycles. The Labute approximate surface area is 153 Å². The fraction of sp³-hybridized carbons (Fsp3) is 0.789. The van der Waals surface area contributed by atoms with Crippen LogP contribution in [0.15, 0.2) is 12.2 Å². The van der Waals surface area contributed by atoms with Crippen molar-refractivity contribution >= 4 is 11.8 Å². The predicted octanol–water partition coefficient (Wildman–Crippen LogP) is 1.46. The van der Waals surface area contributed by atoms with Crippen LogP contribution in [0.25, 0.3) is 0 Å². The van der Waals surface area contributed by atoms with Crippen LogP contribution < -0.4 is 5.73 Å². The molecule has 2 fully saturated rings. The Morgan fingerprint density at radius 3 is 2.08 bits per heavy atom. The van der Waals surface area contributed by atoms with Crippen LogP contribution >= 0.6 is 0 Å². The molecular formula is C19H36N4O2. The largest absolute Gasteiger partial charge is 0.343 e. The van der Waals surface area contributed by atoms with Crippen LogP contribution in [0.1, 0.15) is 46.0 Å². The Bertz CT molecular complexity index is 441. The van der Waals surface area contributed by atoms with Gasteiger partial charge >= 0.3 is 0 Å². The van der Waals surface area contributed by atoms with Crippen molar-refractivity contribution in [1.82, 2.24) is 14.7 Å². The minimum atomic E-state index is 0.196. The topological polar surface area (TPSA) is 69.9 Å². The van der Waals surface area contributed by atoms with Crippen LogP contribution in [-0.4, -0.2) is 78.9 Å². The van der Waals surface area contributed by atoms with E-state index in [2.05, 4.69) is 18.5 Å². The number of nitrogens with zero attached hydrogens (tertiary/aromatic N) is 3. The molecule has 2 N–H and O–H groups in total. The molecule has 2 amide bonds. The number of hydrogen-bond donors (Lipinski definition) is 1. The minimum Gasteiger partial charge on any atom is -0.343 e. The fourth-order valence-electron chi connectivity index (χ4n) is 3.10. The lowest BCUT2D eigenvalue weighted by atomic mass is 10.0. The molecule has 2 saturated heterocycles. The Hall–Kier alpha value is -1.40. The number of carbonyl (C=O) groups is 2. The van der Waals surface area contributed by atoms with Gasteiger partial charge in [-0.2, -0.15) is 0 Å². The van der Waals surface area contributed by atoms with E-state index in [-0.39, 0.29) is 11.8 Å². The molecule has 144 valence electrons. The van der Waals surface area contributed by atoms with E-state index >= 15 is 0 Å². The quantitative estimate of drug-likeness (QED) is 0.735. The Balaban J connectivity index is 0.000000970. The lowest BCUT2D eigenvalue weighted by molar-refractivity contribution is -0.135. The predicted molar refractivity (Wildman–Crippen MR) is 102 cm³/mol. The van der Waals surface area contributed by atoms with Gasteiger partial charge in [-0.15, -0.1) is 0 Å². The number of likely N-dealkylation sites (tertiary alicyclic amines) is 2. The molecule has 0 spiro atoms. The van der Waals surface area contributed by atoms with Crippen LogP contribution in [0, 0.1) is 0 Å². The zero-order chi connectivity index (χ0) is 18.8. The van der Waals surface area contributed by atoms with Gasteiger partial charge in [0.25, 0.3) is 0 Å². The number of amides is 2. The summed E-state index contributed by atoms with van der Waals surface area (Å²) in [5, 5.41) is 0. The summed E-state index contributed by atoms with van der Waals surface area (Å²) in [7, 11) is 2.10. The van der Waals surface area contributed by atoms with Gasteiger partial charge in [0.1, 0.15) is 0 Å². The van der Waals surface area contributed by atoms with Gasteiger partial charge in [-0.1, -0.05) is 19.1 Å². The number of piperidine rings is 1. The van der Waals surface area contributed by atoms with E-state index < -0.39 is 0 Å². The number of rotatable bonds is 6. The molecule has 6 heteroatoms. The van der Waals surface area contributed by atoms with Gasteiger partial charge in [-0.3, -0.25) is 9.59 Å². The highest BCUT2D eigenvalue weighted by Gasteiger charge is 2.26. The van der Waals surface area contributed by atoms with Gasteiger partial charge in [-0.25, -0.2) is 0 Å². The van der Waals surface area contributed by atoms with Crippen LogP contribution in [0.4, 0.5) is 0 Å². The second kappa shape index (κ2) is 11.3. The van der Waals surface area contributed by atoms with Crippen LogP contribution in [0.3, 0.4) is 0 Å². The van der Waals surface area contributed by atoms with Gasteiger partial charge < -0.3 is 20.4 Å². The van der Waals surface area contributed by atoms with E-state index in [1.165, 1.54) is 0 Å². The summed E-state index contributed by atoms with van der Waals surface area (Å²) in [6.07, 6.45) is 4.22. The molecule has 2 rings (SSSR count). The zero-order valence-electron chi connectivity index (χ0n) is 16.3. The van der Waals surface area contributed by atoms with E-state index in [1.54, 1.807) is 0 Å². The number of hydrogen-bond acceptors (Lipinski definition) is 4. The molecular weight excluding hydrogens is 316 g/mol. The average molecular weight is 353 g/mol. The molecule has 0 aromatic carbocycles. The minimum absolute atomic E-state index is 0.196. The van der Waals surface area contributed by atoms with Crippen molar-refractivity contribution in [2.24, 2.45) is 5.73 Å². The van der Waals surface area contributed by atoms with Gasteiger partial charge in [0.05, 0.1) is 0 Å². The molecule has 0 saturated carbocycles. The van der Waals surface area contributed by atoms with Gasteiger partial charge in [-0.05, 0) is 39.8 Å². The molecule has 0 unspecified atom stereocenters. The zero-order valence-corrected chi connectivity index (χ0v) is 16.3. The van der Waals surface area contributed by atoms with Crippen molar-refractivity contribution in [1.29, 1.82) is 0 Å². The number of nitrogens with two attached hydrogens (primary N) is 1. The summed E-state index contributed by atoms with van der Waals surface area (Å²) in [5.41, 5.74) is 5.77. The van der Waals surface area contributed by atoms with Gasteiger partial charge in [0, 0.05) is 51.6 Å². The molecule has 25 heavy (non-hydrogen) atoms. The highest BCUT2D eigenvalue weighted by molar-refractivity contribution is 5.78. The molecule has 0 aromatic heterocycles. The summed E-state index contributed by atoms with van der Waals surface area (Å²) in [6, 6.07) is 0.484. The first-order valence-electron chi connectivity index (χ1n) is 9.49. The molecule has 0 atom stereocenters. The van der Waals surface area contributed by atoms with E-state index in [9.17, 15) is 9.59 Å². The lowest BCUT2D eigenvalue weighted by Crippen LogP contribution is -2.47. The van der Waals surface area contributed by atoms with E-state index in [0.717, 1.165) is 64.1 Å². The van der Waals surface area contributed by atoms with Crippen molar-refractivity contribution in [3.8, 4) is 0 Å². The van der Waals surface area contributed by atoms with Crippen molar-refractivity contribution in [2.75, 3.05) is 46.3 Å². The molecule has 0 bridgehead atoms. The normalized spacial score (nSPS) is 17.6. The van der Waals surface area contributed by atoms with Gasteiger partial charge in [0.2, 0.25) is 11.8 Å². The average Bonchev–Trinajstić information content (AvgIpc) is 2.51. The summed E-state index contributed by atoms with van der Waals surface area (Å²) >= 11 is 0. The summed E-state index contributed by atoms with van der Waals surface area (Å²) in [6.45, 7) is 12.7. The SMILES string of the molecule is C=C(C)CC(=O)N1CCC(N(C)CCC(=O)N2CCC2)CC1.CCN. The smallest absolute Gasteiger partial charge is 0.226 e. The maximum atomic E-state index is 12.0. The van der Waals surface area contributed by atoms with Crippen molar-refractivity contribution < 1.29 is 9.59 Å². The Morgan fingerprint density at radius 1 is 1.12 bits per heavy atom. The van der Waals surface area contributed by atoms with Gasteiger partial charge in [0.15, 0.2) is 0 Å². The first-order valence-corrected chi connectivity index (χ1v) is 9.49. The monoisotopic (exact) mass is 352 g/mol. The third-order valence-corrected chi connectivity index (χ3v) is 4.78. The fourth-order valence-corrected chi connectivity index (χ4v) is 3.10. The maximum Gasteiger partial charge on any atom is 0.226 e. The Morgan fingerprint density at radius 2 is 1.64 bits per heavy atom. The highest BCUT2D eigenvalue weighted by atomic mass is 16.2. The van der Waals surface area contributed by atoms with Crippen LogP contribution in [-0.2, 0) is 9.59 Å². The molecule has 0 aliphatic carbocycles. The molecule has 2 aliphatic rings. The van der Waals surface area contributed by atoms with Crippen molar-refractivity contribution in [3.63, 3.8) is 0 Å². The van der Waals surface area contributed by atoms with E-state index in [1.807, 2.05) is 23.6 Å². The third-order valence-electron chi connectivity index (χ3n) is 4.78. The highest BCUT2D eigenvalue weighted by Crippen LogP contribution is 2.17. The van der Waals surface area contributed by atoms with E-state index in [0.29, 0.717) is 18.9 Å². The summed E-state index contributed by atoms with van der Waals surface area (Å²) < 4.78 is 0. The summed E-state index contributed by atoms with van der Waals surface area (Å²) in [4.78, 5) is 30.1. The second-order valence-electron chi connectivity index (χ2n) is 7.12. The first kappa shape index (κ1) is 21.6. The Kier molecular flexibility index (Phi) is 9.75. The summed E-state index contributed by atoms with van der Waals surface area (Å²) in [5.74, 6) is 0.480. The standard InChI is InChI=1S/C17H29N3O2.C2H7N/c1-14(2)13-17(22)20-11-5-15(6-12-20)18(3)10-7-16(21)19-8-4-9-19;1-2-3/h15H,1,4-13H2,2-3H3;2-3H2,1H3. The molecule has 0 radical (unpaired) electrons. The molecule has 6 nitrogen and oxygen atoms in total. The lowest BCUT2D eigenvalue weighted by Gasteiger charge is -2.37.